The highest BCUT2D eigenvalue weighted by atomic mass is 79.9. The molecule has 0 amide bonds. The molecule has 1 aromatic carbocycles. The van der Waals surface area contributed by atoms with E-state index in [9.17, 15) is 0 Å². The summed E-state index contributed by atoms with van der Waals surface area (Å²) in [5.41, 5.74) is 4.33. The van der Waals surface area contributed by atoms with Gasteiger partial charge in [-0.3, -0.25) is 0 Å². The van der Waals surface area contributed by atoms with Crippen LogP contribution in [0.2, 0.25) is 0 Å². The smallest absolute Gasteiger partial charge is 0.0211 e. The minimum absolute atomic E-state index is 1.01. The van der Waals surface area contributed by atoms with Crippen LogP contribution in [0, 0.1) is 0 Å². The minimum Gasteiger partial charge on any atom is -0.312 e. The molecule has 74 valence electrons. The van der Waals surface area contributed by atoms with Crippen molar-refractivity contribution in [2.45, 2.75) is 13.3 Å². The van der Waals surface area contributed by atoms with Gasteiger partial charge in [0, 0.05) is 11.0 Å². The maximum Gasteiger partial charge on any atom is 0.0211 e. The molecule has 0 fully saturated rings. The first-order valence-electron chi connectivity index (χ1n) is 4.92. The van der Waals surface area contributed by atoms with Gasteiger partial charge in [0.05, 0.1) is 0 Å². The van der Waals surface area contributed by atoms with E-state index in [4.69, 9.17) is 0 Å². The molecule has 0 spiro atoms. The van der Waals surface area contributed by atoms with E-state index in [-0.39, 0.29) is 0 Å². The summed E-state index contributed by atoms with van der Waals surface area (Å²) in [6.07, 6.45) is 1.17. The number of halogens is 1. The molecule has 0 atom stereocenters. The zero-order chi connectivity index (χ0) is 9.97. The lowest BCUT2D eigenvalue weighted by Crippen LogP contribution is -2.23. The van der Waals surface area contributed by atoms with Gasteiger partial charge < -0.3 is 5.32 Å². The Morgan fingerprint density at radius 2 is 1.93 bits per heavy atom. The second kappa shape index (κ2) is 4.28. The fraction of sp³-hybridized carbons (Fsp3) is 0.333. The molecule has 1 nitrogen and oxygen atoms in total. The molecular formula is C12H14BrN. The standard InChI is InChI=1S/C12H14BrN/c1-9-6-7-14-8-12(9)10-2-4-11(13)5-3-10/h2-5,14H,6-8H2,1H3. The van der Waals surface area contributed by atoms with Crippen molar-refractivity contribution in [2.75, 3.05) is 13.1 Å². The lowest BCUT2D eigenvalue weighted by Gasteiger charge is -2.19. The summed E-state index contributed by atoms with van der Waals surface area (Å²) in [4.78, 5) is 0. The third-order valence-corrected chi connectivity index (χ3v) is 3.22. The quantitative estimate of drug-likeness (QED) is 0.809. The van der Waals surface area contributed by atoms with Gasteiger partial charge in [-0.25, -0.2) is 0 Å². The summed E-state index contributed by atoms with van der Waals surface area (Å²) in [6, 6.07) is 8.56. The molecule has 1 aromatic rings. The van der Waals surface area contributed by atoms with Gasteiger partial charge in [0.1, 0.15) is 0 Å². The van der Waals surface area contributed by atoms with Gasteiger partial charge in [-0.15, -0.1) is 0 Å². The van der Waals surface area contributed by atoms with Crippen LogP contribution in [0.5, 0.6) is 0 Å². The van der Waals surface area contributed by atoms with E-state index in [1.165, 1.54) is 23.1 Å². The second-order valence-electron chi connectivity index (χ2n) is 3.69. The molecule has 0 bridgehead atoms. The molecule has 0 aromatic heterocycles. The van der Waals surface area contributed by atoms with Crippen LogP contribution in [0.4, 0.5) is 0 Å². The molecule has 14 heavy (non-hydrogen) atoms. The van der Waals surface area contributed by atoms with Gasteiger partial charge in [0.2, 0.25) is 0 Å². The summed E-state index contributed by atoms with van der Waals surface area (Å²) >= 11 is 3.45. The maximum atomic E-state index is 3.45. The van der Waals surface area contributed by atoms with E-state index >= 15 is 0 Å². The Balaban J connectivity index is 2.34. The van der Waals surface area contributed by atoms with Gasteiger partial charge in [0.15, 0.2) is 0 Å². The zero-order valence-electron chi connectivity index (χ0n) is 8.31. The van der Waals surface area contributed by atoms with E-state index < -0.39 is 0 Å². The lowest BCUT2D eigenvalue weighted by molar-refractivity contribution is 0.715. The normalized spacial score (nSPS) is 17.3. The highest BCUT2D eigenvalue weighted by Crippen LogP contribution is 2.23. The van der Waals surface area contributed by atoms with Crippen molar-refractivity contribution in [3.63, 3.8) is 0 Å². The number of benzene rings is 1. The van der Waals surface area contributed by atoms with Gasteiger partial charge in [0.25, 0.3) is 0 Å². The molecule has 0 saturated heterocycles. The number of hydrogen-bond acceptors (Lipinski definition) is 1. The minimum atomic E-state index is 1.01. The van der Waals surface area contributed by atoms with Crippen LogP contribution in [0.1, 0.15) is 18.9 Å². The van der Waals surface area contributed by atoms with Crippen LogP contribution < -0.4 is 5.32 Å². The van der Waals surface area contributed by atoms with Crippen molar-refractivity contribution in [1.82, 2.24) is 5.32 Å². The summed E-state index contributed by atoms with van der Waals surface area (Å²) in [5, 5.41) is 3.41. The van der Waals surface area contributed by atoms with Crippen molar-refractivity contribution in [1.29, 1.82) is 0 Å². The molecule has 0 radical (unpaired) electrons. The molecule has 1 heterocycles. The molecule has 0 saturated carbocycles. The van der Waals surface area contributed by atoms with Crippen LogP contribution in [-0.4, -0.2) is 13.1 Å². The molecule has 1 aliphatic rings. The van der Waals surface area contributed by atoms with Crippen molar-refractivity contribution in [2.24, 2.45) is 0 Å². The molecule has 0 aliphatic carbocycles. The first-order chi connectivity index (χ1) is 6.77. The van der Waals surface area contributed by atoms with Crippen molar-refractivity contribution < 1.29 is 0 Å². The predicted molar refractivity (Wildman–Crippen MR) is 64.2 cm³/mol. The lowest BCUT2D eigenvalue weighted by atomic mass is 9.96. The highest BCUT2D eigenvalue weighted by molar-refractivity contribution is 9.10. The van der Waals surface area contributed by atoms with Crippen LogP contribution in [0.3, 0.4) is 0 Å². The summed E-state index contributed by atoms with van der Waals surface area (Å²) in [6.45, 7) is 4.36. The fourth-order valence-electron chi connectivity index (χ4n) is 1.79. The first kappa shape index (κ1) is 9.94. The molecule has 1 N–H and O–H groups in total. The van der Waals surface area contributed by atoms with E-state index in [1.807, 2.05) is 0 Å². The summed E-state index contributed by atoms with van der Waals surface area (Å²) < 4.78 is 1.14. The fourth-order valence-corrected chi connectivity index (χ4v) is 2.05. The third-order valence-electron chi connectivity index (χ3n) is 2.69. The van der Waals surface area contributed by atoms with E-state index in [0.29, 0.717) is 0 Å². The Labute approximate surface area is 93.3 Å². The maximum absolute atomic E-state index is 3.45. The Morgan fingerprint density at radius 3 is 2.57 bits per heavy atom. The van der Waals surface area contributed by atoms with Gasteiger partial charge >= 0.3 is 0 Å². The number of rotatable bonds is 1. The zero-order valence-corrected chi connectivity index (χ0v) is 9.89. The summed E-state index contributed by atoms with van der Waals surface area (Å²) in [5.74, 6) is 0. The molecule has 2 rings (SSSR count). The molecule has 1 aliphatic heterocycles. The van der Waals surface area contributed by atoms with Crippen LogP contribution in [-0.2, 0) is 0 Å². The van der Waals surface area contributed by atoms with Crippen molar-refractivity contribution in [3.8, 4) is 0 Å². The topological polar surface area (TPSA) is 12.0 Å². The largest absolute Gasteiger partial charge is 0.312 e. The van der Waals surface area contributed by atoms with Crippen LogP contribution in [0.25, 0.3) is 5.57 Å². The molecule has 0 unspecified atom stereocenters. The van der Waals surface area contributed by atoms with Crippen molar-refractivity contribution in [3.05, 3.63) is 39.9 Å². The Kier molecular flexibility index (Phi) is 3.04. The van der Waals surface area contributed by atoms with E-state index in [1.54, 1.807) is 0 Å². The van der Waals surface area contributed by atoms with E-state index in [2.05, 4.69) is 52.4 Å². The van der Waals surface area contributed by atoms with Gasteiger partial charge in [-0.2, -0.15) is 0 Å². The Morgan fingerprint density at radius 1 is 1.21 bits per heavy atom. The number of hydrogen-bond donors (Lipinski definition) is 1. The van der Waals surface area contributed by atoms with Crippen molar-refractivity contribution >= 4 is 21.5 Å². The molecule has 2 heteroatoms. The predicted octanol–water partition coefficient (Wildman–Crippen LogP) is 3.22. The van der Waals surface area contributed by atoms with Crippen LogP contribution in [0.15, 0.2) is 34.3 Å². The second-order valence-corrected chi connectivity index (χ2v) is 4.61. The van der Waals surface area contributed by atoms with Gasteiger partial charge in [-0.05, 0) is 43.2 Å². The number of nitrogens with one attached hydrogen (secondary N) is 1. The summed E-state index contributed by atoms with van der Waals surface area (Å²) in [7, 11) is 0. The molecular weight excluding hydrogens is 238 g/mol. The van der Waals surface area contributed by atoms with Gasteiger partial charge in [-0.1, -0.05) is 33.6 Å². The SMILES string of the molecule is CC1=C(c2ccc(Br)cc2)CNCC1. The monoisotopic (exact) mass is 251 g/mol. The van der Waals surface area contributed by atoms with E-state index in [0.717, 1.165) is 17.6 Å². The average Bonchev–Trinajstić information content (AvgIpc) is 2.20. The highest BCUT2D eigenvalue weighted by Gasteiger charge is 2.09. The Hall–Kier alpha value is -0.600. The van der Waals surface area contributed by atoms with Crippen LogP contribution >= 0.6 is 15.9 Å². The average molecular weight is 252 g/mol. The Bertz CT molecular complexity index is 351. The first-order valence-corrected chi connectivity index (χ1v) is 5.72. The third kappa shape index (κ3) is 2.07.